The number of nitrogens with one attached hydrogen (secondary N) is 1. The smallest absolute Gasteiger partial charge is 0.357 e. The summed E-state index contributed by atoms with van der Waals surface area (Å²) in [7, 11) is 0. The van der Waals surface area contributed by atoms with Gasteiger partial charge in [-0.15, -0.1) is 0 Å². The van der Waals surface area contributed by atoms with Crippen LogP contribution in [0.1, 0.15) is 33.3 Å². The number of aromatic carboxylic acids is 1. The van der Waals surface area contributed by atoms with Crippen LogP contribution in [0.3, 0.4) is 0 Å². The Morgan fingerprint density at radius 2 is 2.39 bits per heavy atom. The molecule has 0 radical (unpaired) electrons. The molecule has 1 amide bonds. The van der Waals surface area contributed by atoms with Crippen LogP contribution >= 0.6 is 22.9 Å². The molecular weight excluding hydrogens is 272 g/mol. The Hall–Kier alpha value is -1.73. The first-order valence-corrected chi connectivity index (χ1v) is 6.93. The van der Waals surface area contributed by atoms with E-state index in [-0.39, 0.29) is 17.5 Å². The van der Waals surface area contributed by atoms with Crippen molar-refractivity contribution < 1.29 is 14.7 Å². The average Bonchev–Trinajstić information content (AvgIpc) is 2.96. The van der Waals surface area contributed by atoms with E-state index in [0.29, 0.717) is 12.1 Å². The molecule has 2 N–H and O–H groups in total. The number of hydrogen-bond donors (Lipinski definition) is 2. The van der Waals surface area contributed by atoms with E-state index in [2.05, 4.69) is 9.69 Å². The topological polar surface area (TPSA) is 79.3 Å². The lowest BCUT2D eigenvalue weighted by Crippen LogP contribution is -2.23. The lowest BCUT2D eigenvalue weighted by molar-refractivity contribution is -0.116. The molecule has 0 spiro atoms. The third-order valence-corrected chi connectivity index (χ3v) is 4.50. The third kappa shape index (κ3) is 1.72. The highest BCUT2D eigenvalue weighted by molar-refractivity contribution is 7.08. The molecule has 3 heterocycles. The van der Waals surface area contributed by atoms with Gasteiger partial charge in [0.1, 0.15) is 0 Å². The summed E-state index contributed by atoms with van der Waals surface area (Å²) in [5, 5.41) is 15.6. The summed E-state index contributed by atoms with van der Waals surface area (Å²) < 4.78 is 3.92. The van der Waals surface area contributed by atoms with Crippen LogP contribution in [-0.2, 0) is 4.79 Å². The standard InChI is InChI=1S/C11H8N2O3S2/c14-7-3-6(5-1-2-17-4-5)10-8(12-7)9(11(15)16)13-18-10/h1-2,4,6H,3H2,(H,12,14)(H,15,16)/t6-/m1/s1. The molecule has 0 fully saturated rings. The van der Waals surface area contributed by atoms with E-state index in [4.69, 9.17) is 5.11 Å². The Kier molecular flexibility index (Phi) is 2.64. The molecule has 0 unspecified atom stereocenters. The summed E-state index contributed by atoms with van der Waals surface area (Å²) in [6.45, 7) is 0. The lowest BCUT2D eigenvalue weighted by atomic mass is 9.92. The molecule has 3 rings (SSSR count). The van der Waals surface area contributed by atoms with Crippen LogP contribution in [0.4, 0.5) is 5.69 Å². The normalized spacial score (nSPS) is 18.2. The van der Waals surface area contributed by atoms with Gasteiger partial charge in [0.25, 0.3) is 0 Å². The van der Waals surface area contributed by atoms with Crippen molar-refractivity contribution in [3.8, 4) is 0 Å². The van der Waals surface area contributed by atoms with Gasteiger partial charge in [0, 0.05) is 12.3 Å². The Bertz CT molecular complexity index is 618. The van der Waals surface area contributed by atoms with Crippen LogP contribution in [0.5, 0.6) is 0 Å². The molecule has 1 atom stereocenters. The first-order chi connectivity index (χ1) is 8.66. The zero-order chi connectivity index (χ0) is 12.7. The summed E-state index contributed by atoms with van der Waals surface area (Å²) in [4.78, 5) is 23.5. The molecule has 1 aliphatic rings. The molecule has 0 aliphatic carbocycles. The molecule has 0 saturated heterocycles. The molecule has 7 heteroatoms. The molecule has 0 saturated carbocycles. The number of amides is 1. The Morgan fingerprint density at radius 1 is 1.56 bits per heavy atom. The number of fused-ring (bicyclic) bond motifs is 1. The van der Waals surface area contributed by atoms with Gasteiger partial charge >= 0.3 is 5.97 Å². The summed E-state index contributed by atoms with van der Waals surface area (Å²) in [6.07, 6.45) is 0.338. The quantitative estimate of drug-likeness (QED) is 0.885. The number of anilines is 1. The number of carbonyl (C=O) groups excluding carboxylic acids is 1. The van der Waals surface area contributed by atoms with E-state index < -0.39 is 5.97 Å². The van der Waals surface area contributed by atoms with Gasteiger partial charge in [-0.1, -0.05) is 0 Å². The van der Waals surface area contributed by atoms with Crippen molar-refractivity contribution in [3.63, 3.8) is 0 Å². The van der Waals surface area contributed by atoms with E-state index in [1.807, 2.05) is 16.8 Å². The molecule has 5 nitrogen and oxygen atoms in total. The summed E-state index contributed by atoms with van der Waals surface area (Å²) in [5.74, 6) is -1.36. The lowest BCUT2D eigenvalue weighted by Gasteiger charge is -2.21. The number of rotatable bonds is 2. The molecule has 18 heavy (non-hydrogen) atoms. The first kappa shape index (κ1) is 11.4. The molecule has 2 aromatic heterocycles. The SMILES string of the molecule is O=C1C[C@H](c2ccsc2)c2snc(C(=O)O)c2N1. The van der Waals surface area contributed by atoms with Gasteiger partial charge in [-0.2, -0.15) is 15.7 Å². The van der Waals surface area contributed by atoms with Gasteiger partial charge in [-0.05, 0) is 33.9 Å². The minimum absolute atomic E-state index is 0.0664. The highest BCUT2D eigenvalue weighted by Crippen LogP contribution is 2.41. The number of carbonyl (C=O) groups is 2. The second-order valence-corrected chi connectivity index (χ2v) is 5.52. The zero-order valence-electron chi connectivity index (χ0n) is 9.04. The maximum atomic E-state index is 11.7. The van der Waals surface area contributed by atoms with Crippen molar-refractivity contribution in [1.29, 1.82) is 0 Å². The van der Waals surface area contributed by atoms with E-state index in [1.165, 1.54) is 0 Å². The number of carboxylic acids is 1. The molecule has 92 valence electrons. The first-order valence-electron chi connectivity index (χ1n) is 5.21. The Morgan fingerprint density at radius 3 is 3.06 bits per heavy atom. The highest BCUT2D eigenvalue weighted by atomic mass is 32.1. The minimum atomic E-state index is -1.11. The molecular formula is C11H8N2O3S2. The number of hydrogen-bond acceptors (Lipinski definition) is 5. The Labute approximate surface area is 110 Å². The number of nitrogens with zero attached hydrogens (tertiary/aromatic N) is 1. The van der Waals surface area contributed by atoms with Crippen molar-refractivity contribution >= 4 is 40.4 Å². The fourth-order valence-corrected chi connectivity index (χ4v) is 3.68. The van der Waals surface area contributed by atoms with Crippen LogP contribution in [0.15, 0.2) is 16.8 Å². The average molecular weight is 280 g/mol. The number of carboxylic acid groups (broad SMARTS) is 1. The summed E-state index contributed by atoms with van der Waals surface area (Å²) in [5.41, 5.74) is 1.33. The third-order valence-electron chi connectivity index (χ3n) is 2.84. The predicted molar refractivity (Wildman–Crippen MR) is 68.5 cm³/mol. The van der Waals surface area contributed by atoms with Crippen molar-refractivity contribution in [1.82, 2.24) is 4.37 Å². The maximum absolute atomic E-state index is 11.7. The fourth-order valence-electron chi connectivity index (χ4n) is 2.02. The minimum Gasteiger partial charge on any atom is -0.476 e. The van der Waals surface area contributed by atoms with Crippen molar-refractivity contribution in [2.24, 2.45) is 0 Å². The number of thiophene rings is 1. The predicted octanol–water partition coefficient (Wildman–Crippen LogP) is 2.38. The van der Waals surface area contributed by atoms with Crippen LogP contribution in [0.2, 0.25) is 0 Å². The van der Waals surface area contributed by atoms with Gasteiger partial charge in [-0.25, -0.2) is 4.79 Å². The molecule has 1 aliphatic heterocycles. The van der Waals surface area contributed by atoms with E-state index in [9.17, 15) is 9.59 Å². The van der Waals surface area contributed by atoms with Gasteiger partial charge in [0.05, 0.1) is 10.6 Å². The second-order valence-electron chi connectivity index (χ2n) is 3.94. The van der Waals surface area contributed by atoms with Gasteiger partial charge in [-0.3, -0.25) is 4.79 Å². The van der Waals surface area contributed by atoms with Gasteiger partial charge in [0.15, 0.2) is 5.69 Å². The maximum Gasteiger partial charge on any atom is 0.357 e. The largest absolute Gasteiger partial charge is 0.476 e. The second kappa shape index (κ2) is 4.18. The zero-order valence-corrected chi connectivity index (χ0v) is 10.7. The fraction of sp³-hybridized carbons (Fsp3) is 0.182. The molecule has 0 aromatic carbocycles. The Balaban J connectivity index is 2.12. The van der Waals surface area contributed by atoms with Gasteiger partial charge in [0.2, 0.25) is 5.91 Å². The van der Waals surface area contributed by atoms with Crippen molar-refractivity contribution in [2.75, 3.05) is 5.32 Å². The van der Waals surface area contributed by atoms with E-state index >= 15 is 0 Å². The van der Waals surface area contributed by atoms with Crippen LogP contribution < -0.4 is 5.32 Å². The number of aromatic nitrogens is 1. The van der Waals surface area contributed by atoms with E-state index in [1.54, 1.807) is 11.3 Å². The summed E-state index contributed by atoms with van der Waals surface area (Å²) >= 11 is 2.71. The summed E-state index contributed by atoms with van der Waals surface area (Å²) in [6, 6.07) is 1.96. The van der Waals surface area contributed by atoms with Crippen molar-refractivity contribution in [2.45, 2.75) is 12.3 Å². The molecule has 0 bridgehead atoms. The van der Waals surface area contributed by atoms with Crippen LogP contribution in [0.25, 0.3) is 0 Å². The highest BCUT2D eigenvalue weighted by Gasteiger charge is 2.33. The van der Waals surface area contributed by atoms with Crippen molar-refractivity contribution in [3.05, 3.63) is 33.0 Å². The van der Waals surface area contributed by atoms with Gasteiger partial charge < -0.3 is 10.4 Å². The van der Waals surface area contributed by atoms with E-state index in [0.717, 1.165) is 22.0 Å². The molecule has 2 aromatic rings. The van der Waals surface area contributed by atoms with Crippen LogP contribution in [-0.4, -0.2) is 21.4 Å². The van der Waals surface area contributed by atoms with Crippen LogP contribution in [0, 0.1) is 0 Å². The monoisotopic (exact) mass is 280 g/mol.